The third-order valence-corrected chi connectivity index (χ3v) is 2.37. The number of aliphatic hydroxyl groups is 3. The van der Waals surface area contributed by atoms with Gasteiger partial charge >= 0.3 is 5.69 Å². The van der Waals surface area contributed by atoms with Crippen LogP contribution in [0.25, 0.3) is 0 Å². The van der Waals surface area contributed by atoms with Crippen molar-refractivity contribution < 1.29 is 20.1 Å². The second kappa shape index (κ2) is 6.45. The molecule has 0 amide bonds. The SMILES string of the molecule is C[C@H](O)C(CO)OC(CO)n1ccc(=O)[nH]c1=O. The number of rotatable bonds is 6. The van der Waals surface area contributed by atoms with E-state index in [-0.39, 0.29) is 0 Å². The maximum Gasteiger partial charge on any atom is 0.330 e. The van der Waals surface area contributed by atoms with Crippen LogP contribution in [0.15, 0.2) is 21.9 Å². The lowest BCUT2D eigenvalue weighted by atomic mass is 10.2. The van der Waals surface area contributed by atoms with Crippen molar-refractivity contribution >= 4 is 0 Å². The second-order valence-corrected chi connectivity index (χ2v) is 3.75. The largest absolute Gasteiger partial charge is 0.394 e. The van der Waals surface area contributed by atoms with Gasteiger partial charge in [0.2, 0.25) is 0 Å². The van der Waals surface area contributed by atoms with Gasteiger partial charge < -0.3 is 20.1 Å². The van der Waals surface area contributed by atoms with Gasteiger partial charge in [-0.2, -0.15) is 0 Å². The average molecular weight is 260 g/mol. The van der Waals surface area contributed by atoms with Crippen molar-refractivity contribution in [3.63, 3.8) is 0 Å². The molecule has 0 aliphatic rings. The van der Waals surface area contributed by atoms with Gasteiger partial charge in [-0.05, 0) is 6.92 Å². The summed E-state index contributed by atoms with van der Waals surface area (Å²) < 4.78 is 6.17. The first-order chi connectivity index (χ1) is 8.49. The predicted octanol–water partition coefficient (Wildman–Crippen LogP) is -2.21. The second-order valence-electron chi connectivity index (χ2n) is 3.75. The summed E-state index contributed by atoms with van der Waals surface area (Å²) in [6, 6.07) is 1.10. The van der Waals surface area contributed by atoms with Crippen molar-refractivity contribution in [2.75, 3.05) is 13.2 Å². The number of H-pyrrole nitrogens is 1. The lowest BCUT2D eigenvalue weighted by Crippen LogP contribution is -2.39. The summed E-state index contributed by atoms with van der Waals surface area (Å²) in [7, 11) is 0. The van der Waals surface area contributed by atoms with Crippen molar-refractivity contribution in [1.29, 1.82) is 0 Å². The fourth-order valence-electron chi connectivity index (χ4n) is 1.36. The highest BCUT2D eigenvalue weighted by Crippen LogP contribution is 2.10. The Morgan fingerprint density at radius 1 is 1.39 bits per heavy atom. The van der Waals surface area contributed by atoms with Gasteiger partial charge in [-0.25, -0.2) is 4.79 Å². The smallest absolute Gasteiger partial charge is 0.330 e. The molecular weight excluding hydrogens is 244 g/mol. The molecule has 0 fully saturated rings. The van der Waals surface area contributed by atoms with Crippen molar-refractivity contribution in [3.05, 3.63) is 33.1 Å². The number of aromatic nitrogens is 2. The highest BCUT2D eigenvalue weighted by atomic mass is 16.5. The topological polar surface area (TPSA) is 125 Å². The number of ether oxygens (including phenoxy) is 1. The molecule has 1 aromatic heterocycles. The molecule has 2 unspecified atom stereocenters. The van der Waals surface area contributed by atoms with Crippen LogP contribution in [-0.2, 0) is 4.74 Å². The van der Waals surface area contributed by atoms with E-state index in [0.29, 0.717) is 0 Å². The van der Waals surface area contributed by atoms with Crippen LogP contribution in [0.1, 0.15) is 13.2 Å². The summed E-state index contributed by atoms with van der Waals surface area (Å²) in [5, 5.41) is 27.5. The number of aliphatic hydroxyl groups excluding tert-OH is 3. The van der Waals surface area contributed by atoms with Gasteiger partial charge in [-0.3, -0.25) is 14.3 Å². The van der Waals surface area contributed by atoms with Crippen LogP contribution >= 0.6 is 0 Å². The molecule has 8 heteroatoms. The van der Waals surface area contributed by atoms with Gasteiger partial charge in [0.15, 0.2) is 6.23 Å². The van der Waals surface area contributed by atoms with E-state index in [1.165, 1.54) is 13.1 Å². The number of nitrogens with zero attached hydrogens (tertiary/aromatic N) is 1. The van der Waals surface area contributed by atoms with E-state index in [1.807, 2.05) is 4.98 Å². The summed E-state index contributed by atoms with van der Waals surface area (Å²) in [5.41, 5.74) is -1.31. The molecule has 18 heavy (non-hydrogen) atoms. The van der Waals surface area contributed by atoms with Crippen LogP contribution in [0, 0.1) is 0 Å². The van der Waals surface area contributed by atoms with Gasteiger partial charge in [0, 0.05) is 12.3 Å². The van der Waals surface area contributed by atoms with E-state index in [9.17, 15) is 14.7 Å². The normalized spacial score (nSPS) is 16.2. The summed E-state index contributed by atoms with van der Waals surface area (Å²) in [4.78, 5) is 24.4. The molecule has 8 nitrogen and oxygen atoms in total. The predicted molar refractivity (Wildman–Crippen MR) is 61.1 cm³/mol. The Bertz CT molecular complexity index is 480. The first-order valence-corrected chi connectivity index (χ1v) is 5.36. The molecule has 0 bridgehead atoms. The van der Waals surface area contributed by atoms with E-state index in [4.69, 9.17) is 14.9 Å². The van der Waals surface area contributed by atoms with E-state index in [0.717, 1.165) is 10.6 Å². The van der Waals surface area contributed by atoms with Crippen molar-refractivity contribution in [1.82, 2.24) is 9.55 Å². The van der Waals surface area contributed by atoms with Gasteiger partial charge in [0.25, 0.3) is 5.56 Å². The van der Waals surface area contributed by atoms with Crippen LogP contribution in [-0.4, -0.2) is 50.3 Å². The molecule has 1 rings (SSSR count). The molecule has 0 aromatic carbocycles. The van der Waals surface area contributed by atoms with Crippen LogP contribution in [0.2, 0.25) is 0 Å². The molecule has 1 aromatic rings. The molecule has 3 atom stereocenters. The standard InChI is InChI=1S/C10H16N2O6/c1-6(15)7(4-13)18-9(5-14)12-3-2-8(16)11-10(12)17/h2-3,6-7,9,13-15H,4-5H2,1H3,(H,11,16,17)/t6-,7?,9?/m0/s1. The van der Waals surface area contributed by atoms with E-state index >= 15 is 0 Å². The zero-order valence-corrected chi connectivity index (χ0v) is 9.81. The number of aromatic amines is 1. The molecule has 4 N–H and O–H groups in total. The first-order valence-electron chi connectivity index (χ1n) is 5.36. The lowest BCUT2D eigenvalue weighted by Gasteiger charge is -2.25. The van der Waals surface area contributed by atoms with Crippen LogP contribution in [0.3, 0.4) is 0 Å². The fraction of sp³-hybridized carbons (Fsp3) is 0.600. The fourth-order valence-corrected chi connectivity index (χ4v) is 1.36. The van der Waals surface area contributed by atoms with Crippen molar-refractivity contribution in [3.8, 4) is 0 Å². The molecule has 0 saturated heterocycles. The van der Waals surface area contributed by atoms with Crippen molar-refractivity contribution in [2.24, 2.45) is 0 Å². The Kier molecular flexibility index (Phi) is 5.23. The Balaban J connectivity index is 2.96. The summed E-state index contributed by atoms with van der Waals surface area (Å²) >= 11 is 0. The maximum absolute atomic E-state index is 11.5. The number of hydrogen-bond donors (Lipinski definition) is 4. The average Bonchev–Trinajstić information content (AvgIpc) is 2.31. The maximum atomic E-state index is 11.5. The van der Waals surface area contributed by atoms with E-state index < -0.39 is 42.9 Å². The minimum Gasteiger partial charge on any atom is -0.394 e. The quantitative estimate of drug-likeness (QED) is 0.459. The van der Waals surface area contributed by atoms with Gasteiger partial charge in [-0.15, -0.1) is 0 Å². The highest BCUT2D eigenvalue weighted by Gasteiger charge is 2.21. The molecule has 0 radical (unpaired) electrons. The Morgan fingerprint density at radius 2 is 2.06 bits per heavy atom. The van der Waals surface area contributed by atoms with Crippen molar-refractivity contribution in [2.45, 2.75) is 25.4 Å². The lowest BCUT2D eigenvalue weighted by molar-refractivity contribution is -0.134. The minimum atomic E-state index is -1.10. The summed E-state index contributed by atoms with van der Waals surface area (Å²) in [6.45, 7) is 0.395. The molecule has 0 saturated carbocycles. The highest BCUT2D eigenvalue weighted by molar-refractivity contribution is 4.84. The van der Waals surface area contributed by atoms with Crippen LogP contribution in [0.4, 0.5) is 0 Å². The first kappa shape index (κ1) is 14.6. The zero-order chi connectivity index (χ0) is 13.7. The number of hydrogen-bond acceptors (Lipinski definition) is 6. The summed E-state index contributed by atoms with van der Waals surface area (Å²) in [5.74, 6) is 0. The zero-order valence-electron chi connectivity index (χ0n) is 9.81. The minimum absolute atomic E-state index is 0.466. The van der Waals surface area contributed by atoms with Gasteiger partial charge in [0.1, 0.15) is 6.10 Å². The van der Waals surface area contributed by atoms with E-state index in [1.54, 1.807) is 0 Å². The van der Waals surface area contributed by atoms with Crippen LogP contribution in [0.5, 0.6) is 0 Å². The molecule has 0 aliphatic heterocycles. The molecule has 0 aliphatic carbocycles. The summed E-state index contributed by atoms with van der Waals surface area (Å²) in [6.07, 6.45) is -1.84. The monoisotopic (exact) mass is 260 g/mol. The molecular formula is C10H16N2O6. The van der Waals surface area contributed by atoms with Crippen LogP contribution < -0.4 is 11.2 Å². The molecule has 0 spiro atoms. The molecule has 102 valence electrons. The van der Waals surface area contributed by atoms with Gasteiger partial charge in [0.05, 0.1) is 19.3 Å². The Hall–Kier alpha value is -1.48. The molecule has 1 heterocycles. The third kappa shape index (κ3) is 3.50. The van der Waals surface area contributed by atoms with Gasteiger partial charge in [-0.1, -0.05) is 0 Å². The Morgan fingerprint density at radius 3 is 2.50 bits per heavy atom. The van der Waals surface area contributed by atoms with E-state index in [2.05, 4.69) is 0 Å². The third-order valence-electron chi connectivity index (χ3n) is 2.37. The number of nitrogens with one attached hydrogen (secondary N) is 1. The Labute approximate surface area is 102 Å².